The van der Waals surface area contributed by atoms with Crippen molar-refractivity contribution in [3.05, 3.63) is 63.5 Å². The van der Waals surface area contributed by atoms with E-state index in [2.05, 4.69) is 0 Å². The molecule has 0 unspecified atom stereocenters. The molecular formula is C16H16N2O3S. The van der Waals surface area contributed by atoms with E-state index in [-0.39, 0.29) is 0 Å². The highest BCUT2D eigenvalue weighted by atomic mass is 32.1. The molecule has 3 rings (SSSR count). The van der Waals surface area contributed by atoms with Crippen LogP contribution in [-0.4, -0.2) is 38.2 Å². The van der Waals surface area contributed by atoms with E-state index in [1.54, 1.807) is 37.3 Å². The number of Topliss-reactive ketones (excluding diaryl/α,β-unsaturated/α-hetero) is 1. The number of carbonyl (C=O) groups excluding carboxylic acids is 1. The van der Waals surface area contributed by atoms with Crippen LogP contribution in [0.3, 0.4) is 0 Å². The first-order chi connectivity index (χ1) is 10.5. The average Bonchev–Trinajstić information content (AvgIpc) is 3.12. The average molecular weight is 316 g/mol. The van der Waals surface area contributed by atoms with Crippen molar-refractivity contribution in [3.63, 3.8) is 0 Å². The van der Waals surface area contributed by atoms with Gasteiger partial charge in [-0.3, -0.25) is 4.79 Å². The number of rotatable bonds is 3. The van der Waals surface area contributed by atoms with Gasteiger partial charge in [0.05, 0.1) is 4.88 Å². The number of hydroxylamine groups is 3. The maximum atomic E-state index is 12.8. The second kappa shape index (κ2) is 5.31. The first-order valence-corrected chi connectivity index (χ1v) is 7.82. The molecule has 5 nitrogen and oxygen atoms in total. The van der Waals surface area contributed by atoms with Crippen LogP contribution >= 0.6 is 11.3 Å². The predicted molar refractivity (Wildman–Crippen MR) is 84.3 cm³/mol. The van der Waals surface area contributed by atoms with Crippen molar-refractivity contribution in [1.29, 1.82) is 0 Å². The summed E-state index contributed by atoms with van der Waals surface area (Å²) in [6.45, 7) is 3.16. The Kier molecular flexibility index (Phi) is 3.60. The lowest BCUT2D eigenvalue weighted by atomic mass is 10.00. The summed E-state index contributed by atoms with van der Waals surface area (Å²) >= 11 is 1.41. The van der Waals surface area contributed by atoms with Crippen LogP contribution in [-0.2, 0) is 0 Å². The van der Waals surface area contributed by atoms with E-state index in [1.807, 2.05) is 17.5 Å². The summed E-state index contributed by atoms with van der Waals surface area (Å²) < 4.78 is 0.638. The van der Waals surface area contributed by atoms with Gasteiger partial charge in [-0.25, -0.2) is 0 Å². The van der Waals surface area contributed by atoms with Crippen LogP contribution < -0.4 is 0 Å². The van der Waals surface area contributed by atoms with Crippen LogP contribution in [0.15, 0.2) is 47.8 Å². The third kappa shape index (κ3) is 1.99. The van der Waals surface area contributed by atoms with E-state index in [0.29, 0.717) is 16.0 Å². The molecule has 2 aromatic rings. The minimum Gasteiger partial charge on any atom is -0.622 e. The van der Waals surface area contributed by atoms with E-state index < -0.39 is 17.5 Å². The number of ketones is 1. The van der Waals surface area contributed by atoms with Crippen molar-refractivity contribution < 1.29 is 14.7 Å². The van der Waals surface area contributed by atoms with Crippen molar-refractivity contribution in [3.8, 4) is 0 Å². The molecule has 1 aliphatic heterocycles. The summed E-state index contributed by atoms with van der Waals surface area (Å²) in [5.41, 5.74) is -0.867. The Balaban J connectivity index is 2.11. The predicted octanol–water partition coefficient (Wildman–Crippen LogP) is 2.74. The number of thiophene rings is 1. The van der Waals surface area contributed by atoms with Crippen molar-refractivity contribution in [1.82, 2.24) is 5.06 Å². The highest BCUT2D eigenvalue weighted by Crippen LogP contribution is 2.32. The molecule has 0 saturated heterocycles. The second-order valence-corrected chi connectivity index (χ2v) is 6.34. The summed E-state index contributed by atoms with van der Waals surface area (Å²) in [4.78, 5) is 13.6. The van der Waals surface area contributed by atoms with E-state index in [0.717, 1.165) is 9.94 Å². The Bertz CT molecular complexity index is 727. The Hall–Kier alpha value is -2.02. The largest absolute Gasteiger partial charge is 0.622 e. The van der Waals surface area contributed by atoms with Gasteiger partial charge in [-0.15, -0.1) is 16.4 Å². The summed E-state index contributed by atoms with van der Waals surface area (Å²) in [7, 11) is 0. The van der Waals surface area contributed by atoms with Crippen LogP contribution in [0.5, 0.6) is 0 Å². The number of hydrogen-bond donors (Lipinski definition) is 1. The molecule has 0 bridgehead atoms. The van der Waals surface area contributed by atoms with E-state index >= 15 is 0 Å². The first kappa shape index (κ1) is 14.9. The van der Waals surface area contributed by atoms with Crippen molar-refractivity contribution in [2.75, 3.05) is 0 Å². The number of nitrogens with zero attached hydrogens (tertiary/aromatic N) is 2. The second-order valence-electron chi connectivity index (χ2n) is 5.39. The molecule has 0 saturated carbocycles. The zero-order chi connectivity index (χ0) is 15.9. The normalized spacial score (nSPS) is 25.7. The van der Waals surface area contributed by atoms with Crippen LogP contribution in [0.1, 0.15) is 29.1 Å². The molecule has 1 N–H and O–H groups in total. The maximum Gasteiger partial charge on any atom is 0.312 e. The summed E-state index contributed by atoms with van der Waals surface area (Å²) in [5.74, 6) is -0.427. The Morgan fingerprint density at radius 1 is 1.32 bits per heavy atom. The molecule has 6 heteroatoms. The third-order valence-electron chi connectivity index (χ3n) is 4.06. The maximum absolute atomic E-state index is 12.8. The molecule has 0 amide bonds. The molecule has 1 aromatic heterocycles. The Morgan fingerprint density at radius 2 is 2.00 bits per heavy atom. The molecule has 1 aromatic carbocycles. The zero-order valence-electron chi connectivity index (χ0n) is 12.3. The molecule has 0 aliphatic carbocycles. The van der Waals surface area contributed by atoms with E-state index in [1.165, 1.54) is 18.3 Å². The summed E-state index contributed by atoms with van der Waals surface area (Å²) in [6, 6.07) is 11.6. The van der Waals surface area contributed by atoms with Gasteiger partial charge in [-0.1, -0.05) is 36.4 Å². The monoisotopic (exact) mass is 316 g/mol. The van der Waals surface area contributed by atoms with Crippen molar-refractivity contribution >= 4 is 22.8 Å². The van der Waals surface area contributed by atoms with Crippen molar-refractivity contribution in [2.45, 2.75) is 25.6 Å². The minimum atomic E-state index is -1.67. The minimum absolute atomic E-state index is 0.393. The van der Waals surface area contributed by atoms with E-state index in [4.69, 9.17) is 0 Å². The SMILES string of the molecule is C[C@@H]1C(c2cccs2)=[N+]([O-])[C@](C)(C(=O)c2ccccc2)N1O. The molecule has 1 aliphatic rings. The highest BCUT2D eigenvalue weighted by molar-refractivity contribution is 7.12. The van der Waals surface area contributed by atoms with E-state index in [9.17, 15) is 15.2 Å². The standard InChI is InChI=1S/C16H16N2O3S/c1-11-14(13-9-6-10-22-13)18(21)16(2,17(11)20)15(19)12-7-4-3-5-8-12/h3-11,20H,1-2H3/t11-,16-/m1/s1. The smallest absolute Gasteiger partial charge is 0.312 e. The van der Waals surface area contributed by atoms with Gasteiger partial charge in [0.2, 0.25) is 5.71 Å². The van der Waals surface area contributed by atoms with Crippen LogP contribution in [0, 0.1) is 5.21 Å². The van der Waals surface area contributed by atoms with Gasteiger partial charge in [0.25, 0.3) is 5.78 Å². The molecule has 114 valence electrons. The van der Waals surface area contributed by atoms with Gasteiger partial charge < -0.3 is 10.4 Å². The number of hydrogen-bond acceptors (Lipinski definition) is 5. The topological polar surface area (TPSA) is 66.6 Å². The van der Waals surface area contributed by atoms with Gasteiger partial charge in [-0.2, -0.15) is 4.74 Å². The molecule has 22 heavy (non-hydrogen) atoms. The van der Waals surface area contributed by atoms with Gasteiger partial charge in [-0.05, 0) is 18.4 Å². The molecular weight excluding hydrogens is 300 g/mol. The fraction of sp³-hybridized carbons (Fsp3) is 0.250. The lowest BCUT2D eigenvalue weighted by Crippen LogP contribution is -2.54. The van der Waals surface area contributed by atoms with Gasteiger partial charge >= 0.3 is 5.66 Å². The summed E-state index contributed by atoms with van der Waals surface area (Å²) in [6.07, 6.45) is 0. The number of benzene rings is 1. The molecule has 0 fully saturated rings. The Morgan fingerprint density at radius 3 is 2.59 bits per heavy atom. The van der Waals surface area contributed by atoms with Gasteiger partial charge in [0, 0.05) is 12.5 Å². The zero-order valence-corrected chi connectivity index (χ0v) is 13.1. The fourth-order valence-corrected chi connectivity index (χ4v) is 3.61. The Labute approximate surface area is 132 Å². The fourth-order valence-electron chi connectivity index (χ4n) is 2.78. The number of carbonyl (C=O) groups is 1. The van der Waals surface area contributed by atoms with Crippen LogP contribution in [0.2, 0.25) is 0 Å². The van der Waals surface area contributed by atoms with Crippen LogP contribution in [0.4, 0.5) is 0 Å². The summed E-state index contributed by atoms with van der Waals surface area (Å²) in [5, 5.41) is 26.0. The molecule has 2 atom stereocenters. The van der Waals surface area contributed by atoms with Crippen molar-refractivity contribution in [2.24, 2.45) is 0 Å². The quantitative estimate of drug-likeness (QED) is 0.537. The van der Waals surface area contributed by atoms with Crippen LogP contribution in [0.25, 0.3) is 0 Å². The molecule has 0 spiro atoms. The molecule has 2 heterocycles. The third-order valence-corrected chi connectivity index (χ3v) is 4.96. The lowest BCUT2D eigenvalue weighted by Gasteiger charge is -2.27. The van der Waals surface area contributed by atoms with Gasteiger partial charge in [0.15, 0.2) is 0 Å². The van der Waals surface area contributed by atoms with Gasteiger partial charge in [0.1, 0.15) is 6.04 Å². The molecule has 0 radical (unpaired) electrons. The first-order valence-electron chi connectivity index (χ1n) is 6.94. The lowest BCUT2D eigenvalue weighted by molar-refractivity contribution is -0.561. The highest BCUT2D eigenvalue weighted by Gasteiger charge is 2.58.